The first-order valence-corrected chi connectivity index (χ1v) is 6.38. The molecule has 2 aliphatic heterocycles. The van der Waals surface area contributed by atoms with Gasteiger partial charge in [0.1, 0.15) is 0 Å². The average Bonchev–Trinajstić information content (AvgIpc) is 2.74. The molecule has 2 aliphatic rings. The van der Waals surface area contributed by atoms with Crippen molar-refractivity contribution >= 4 is 0 Å². The van der Waals surface area contributed by atoms with Crippen LogP contribution in [0.25, 0.3) is 0 Å². The molecule has 15 heavy (non-hydrogen) atoms. The van der Waals surface area contributed by atoms with Crippen molar-refractivity contribution in [1.82, 2.24) is 10.2 Å². The number of hydrogen-bond acceptors (Lipinski definition) is 3. The van der Waals surface area contributed by atoms with Crippen LogP contribution in [0.3, 0.4) is 0 Å². The van der Waals surface area contributed by atoms with Gasteiger partial charge < -0.3 is 15.0 Å². The van der Waals surface area contributed by atoms with Gasteiger partial charge >= 0.3 is 0 Å². The summed E-state index contributed by atoms with van der Waals surface area (Å²) in [5.41, 5.74) is 0. The molecule has 0 aromatic carbocycles. The van der Waals surface area contributed by atoms with Gasteiger partial charge in [-0.15, -0.1) is 0 Å². The Morgan fingerprint density at radius 1 is 1.27 bits per heavy atom. The van der Waals surface area contributed by atoms with Gasteiger partial charge in [0.2, 0.25) is 0 Å². The highest BCUT2D eigenvalue weighted by Gasteiger charge is 2.18. The molecule has 0 amide bonds. The predicted molar refractivity (Wildman–Crippen MR) is 62.1 cm³/mol. The quantitative estimate of drug-likeness (QED) is 0.759. The fourth-order valence-corrected chi connectivity index (χ4v) is 2.53. The van der Waals surface area contributed by atoms with Crippen molar-refractivity contribution < 1.29 is 4.74 Å². The SMILES string of the molecule is CN1CCC(NCC[C@H]2CCCO2)CC1. The van der Waals surface area contributed by atoms with Crippen LogP contribution < -0.4 is 5.32 Å². The maximum atomic E-state index is 5.61. The second-order valence-corrected chi connectivity index (χ2v) is 4.96. The molecule has 0 aromatic rings. The zero-order valence-electron chi connectivity index (χ0n) is 9.87. The monoisotopic (exact) mass is 212 g/mol. The minimum Gasteiger partial charge on any atom is -0.378 e. The summed E-state index contributed by atoms with van der Waals surface area (Å²) in [4.78, 5) is 2.41. The second-order valence-electron chi connectivity index (χ2n) is 4.96. The normalized spacial score (nSPS) is 29.8. The maximum Gasteiger partial charge on any atom is 0.0588 e. The number of hydrogen-bond donors (Lipinski definition) is 1. The lowest BCUT2D eigenvalue weighted by Gasteiger charge is -2.29. The van der Waals surface area contributed by atoms with Gasteiger partial charge in [0.15, 0.2) is 0 Å². The minimum absolute atomic E-state index is 0.545. The van der Waals surface area contributed by atoms with Crippen molar-refractivity contribution in [1.29, 1.82) is 0 Å². The van der Waals surface area contributed by atoms with E-state index in [2.05, 4.69) is 17.3 Å². The Morgan fingerprint density at radius 2 is 2.07 bits per heavy atom. The first kappa shape index (κ1) is 11.4. The van der Waals surface area contributed by atoms with Gasteiger partial charge in [-0.05, 0) is 58.8 Å². The summed E-state index contributed by atoms with van der Waals surface area (Å²) < 4.78 is 5.61. The van der Waals surface area contributed by atoms with E-state index in [0.717, 1.165) is 19.2 Å². The van der Waals surface area contributed by atoms with Crippen LogP contribution in [-0.4, -0.2) is 50.3 Å². The molecule has 0 unspecified atom stereocenters. The van der Waals surface area contributed by atoms with E-state index in [4.69, 9.17) is 4.74 Å². The predicted octanol–water partition coefficient (Wildman–Crippen LogP) is 1.24. The van der Waals surface area contributed by atoms with Crippen LogP contribution in [0.5, 0.6) is 0 Å². The number of nitrogens with zero attached hydrogens (tertiary/aromatic N) is 1. The Kier molecular flexibility index (Phi) is 4.42. The highest BCUT2D eigenvalue weighted by Crippen LogP contribution is 2.15. The number of piperidine rings is 1. The fraction of sp³-hybridized carbons (Fsp3) is 1.00. The van der Waals surface area contributed by atoms with Crippen LogP contribution in [0.15, 0.2) is 0 Å². The van der Waals surface area contributed by atoms with E-state index in [1.165, 1.54) is 45.2 Å². The lowest BCUT2D eigenvalue weighted by Crippen LogP contribution is -2.41. The zero-order chi connectivity index (χ0) is 10.5. The largest absolute Gasteiger partial charge is 0.378 e. The summed E-state index contributed by atoms with van der Waals surface area (Å²) in [5, 5.41) is 3.66. The Hall–Kier alpha value is -0.120. The highest BCUT2D eigenvalue weighted by atomic mass is 16.5. The Morgan fingerprint density at radius 3 is 2.73 bits per heavy atom. The molecule has 3 nitrogen and oxygen atoms in total. The summed E-state index contributed by atoms with van der Waals surface area (Å²) >= 11 is 0. The van der Waals surface area contributed by atoms with Crippen molar-refractivity contribution in [2.24, 2.45) is 0 Å². The van der Waals surface area contributed by atoms with Crippen LogP contribution in [0, 0.1) is 0 Å². The van der Waals surface area contributed by atoms with Gasteiger partial charge in [-0.3, -0.25) is 0 Å². The van der Waals surface area contributed by atoms with Crippen LogP contribution in [0.4, 0.5) is 0 Å². The zero-order valence-corrected chi connectivity index (χ0v) is 9.87. The molecule has 1 N–H and O–H groups in total. The third-order valence-corrected chi connectivity index (χ3v) is 3.64. The highest BCUT2D eigenvalue weighted by molar-refractivity contribution is 4.76. The molecule has 2 rings (SSSR count). The lowest BCUT2D eigenvalue weighted by atomic mass is 10.1. The molecule has 88 valence electrons. The molecule has 0 bridgehead atoms. The van der Waals surface area contributed by atoms with Crippen LogP contribution in [-0.2, 0) is 4.74 Å². The lowest BCUT2D eigenvalue weighted by molar-refractivity contribution is 0.102. The van der Waals surface area contributed by atoms with E-state index in [1.807, 2.05) is 0 Å². The molecule has 2 heterocycles. The minimum atomic E-state index is 0.545. The van der Waals surface area contributed by atoms with E-state index in [1.54, 1.807) is 0 Å². The Labute approximate surface area is 93.2 Å². The van der Waals surface area contributed by atoms with E-state index in [9.17, 15) is 0 Å². The molecule has 0 radical (unpaired) electrons. The van der Waals surface area contributed by atoms with Gasteiger partial charge in [0, 0.05) is 12.6 Å². The third-order valence-electron chi connectivity index (χ3n) is 3.64. The van der Waals surface area contributed by atoms with Gasteiger partial charge in [0.05, 0.1) is 6.10 Å². The average molecular weight is 212 g/mol. The van der Waals surface area contributed by atoms with Gasteiger partial charge in [-0.2, -0.15) is 0 Å². The fourth-order valence-electron chi connectivity index (χ4n) is 2.53. The number of likely N-dealkylation sites (tertiary alicyclic amines) is 1. The van der Waals surface area contributed by atoms with Crippen LogP contribution >= 0.6 is 0 Å². The summed E-state index contributed by atoms with van der Waals surface area (Å²) in [6, 6.07) is 0.752. The summed E-state index contributed by atoms with van der Waals surface area (Å²) in [6.45, 7) is 4.62. The van der Waals surface area contributed by atoms with Gasteiger partial charge in [-0.1, -0.05) is 0 Å². The molecule has 1 atom stereocenters. The molecular formula is C12H24N2O. The smallest absolute Gasteiger partial charge is 0.0588 e. The van der Waals surface area contributed by atoms with Crippen molar-refractivity contribution in [2.45, 2.75) is 44.2 Å². The maximum absolute atomic E-state index is 5.61. The standard InChI is InChI=1S/C12H24N2O/c1-14-8-5-11(6-9-14)13-7-4-12-3-2-10-15-12/h11-13H,2-10H2,1H3/t12-/m1/s1. The van der Waals surface area contributed by atoms with E-state index in [-0.39, 0.29) is 0 Å². The van der Waals surface area contributed by atoms with Crippen molar-refractivity contribution in [3.05, 3.63) is 0 Å². The van der Waals surface area contributed by atoms with E-state index >= 15 is 0 Å². The molecule has 0 aromatic heterocycles. The Balaban J connectivity index is 1.53. The molecule has 3 heteroatoms. The molecule has 2 saturated heterocycles. The first-order valence-electron chi connectivity index (χ1n) is 6.38. The van der Waals surface area contributed by atoms with E-state index < -0.39 is 0 Å². The Bertz CT molecular complexity index is 172. The number of ether oxygens (including phenoxy) is 1. The van der Waals surface area contributed by atoms with Gasteiger partial charge in [0.25, 0.3) is 0 Å². The van der Waals surface area contributed by atoms with Crippen LogP contribution in [0.2, 0.25) is 0 Å². The molecule has 0 spiro atoms. The first-order chi connectivity index (χ1) is 7.34. The number of rotatable bonds is 4. The van der Waals surface area contributed by atoms with Crippen molar-refractivity contribution in [2.75, 3.05) is 33.3 Å². The van der Waals surface area contributed by atoms with Crippen molar-refractivity contribution in [3.63, 3.8) is 0 Å². The summed E-state index contributed by atoms with van der Waals surface area (Å²) in [6.07, 6.45) is 6.90. The van der Waals surface area contributed by atoms with Crippen molar-refractivity contribution in [3.8, 4) is 0 Å². The topological polar surface area (TPSA) is 24.5 Å². The van der Waals surface area contributed by atoms with Crippen LogP contribution in [0.1, 0.15) is 32.1 Å². The summed E-state index contributed by atoms with van der Waals surface area (Å²) in [5.74, 6) is 0. The van der Waals surface area contributed by atoms with Gasteiger partial charge in [-0.25, -0.2) is 0 Å². The molecular weight excluding hydrogens is 188 g/mol. The third kappa shape index (κ3) is 3.74. The number of nitrogens with one attached hydrogen (secondary N) is 1. The van der Waals surface area contributed by atoms with E-state index in [0.29, 0.717) is 6.10 Å². The summed E-state index contributed by atoms with van der Waals surface area (Å²) in [7, 11) is 2.21. The second kappa shape index (κ2) is 5.83. The molecule has 2 fully saturated rings. The molecule has 0 saturated carbocycles. The molecule has 0 aliphatic carbocycles.